The summed E-state index contributed by atoms with van der Waals surface area (Å²) < 4.78 is 1.46. The monoisotopic (exact) mass is 203 g/mol. The van der Waals surface area contributed by atoms with E-state index >= 15 is 0 Å². The van der Waals surface area contributed by atoms with Crippen molar-refractivity contribution in [3.8, 4) is 0 Å². The van der Waals surface area contributed by atoms with Crippen molar-refractivity contribution < 1.29 is 4.79 Å². The van der Waals surface area contributed by atoms with Gasteiger partial charge in [-0.2, -0.15) is 0 Å². The second-order valence-corrected chi connectivity index (χ2v) is 3.77. The Bertz CT molecular complexity index is 636. The zero-order valence-corrected chi connectivity index (χ0v) is 8.13. The number of amides is 1. The van der Waals surface area contributed by atoms with Gasteiger partial charge in [0.15, 0.2) is 0 Å². The zero-order chi connectivity index (χ0) is 10.6. The predicted molar refractivity (Wildman–Crippen MR) is 55.9 cm³/mol. The summed E-state index contributed by atoms with van der Waals surface area (Å²) in [5.74, 6) is -0.156. The van der Waals surface area contributed by atoms with E-state index in [4.69, 9.17) is 0 Å². The maximum Gasteiger partial charge on any atom is 0.327 e. The highest BCUT2D eigenvalue weighted by molar-refractivity contribution is 6.03. The van der Waals surface area contributed by atoms with Gasteiger partial charge in [-0.15, -0.1) is 0 Å². The Hall–Kier alpha value is -2.04. The van der Waals surface area contributed by atoms with Crippen LogP contribution in [0.4, 0.5) is 5.69 Å². The van der Waals surface area contributed by atoms with Gasteiger partial charge in [-0.25, -0.2) is 4.79 Å². The van der Waals surface area contributed by atoms with Crippen molar-refractivity contribution in [3.63, 3.8) is 0 Å². The van der Waals surface area contributed by atoms with Crippen molar-refractivity contribution in [2.24, 2.45) is 0 Å². The number of nitrogens with zero attached hydrogens (tertiary/aromatic N) is 1. The van der Waals surface area contributed by atoms with Gasteiger partial charge in [-0.05, 0) is 24.6 Å². The molecular weight excluding hydrogens is 194 g/mol. The first kappa shape index (κ1) is 8.28. The molecule has 2 aromatic rings. The van der Waals surface area contributed by atoms with Gasteiger partial charge in [0.1, 0.15) is 6.54 Å². The molecule has 0 bridgehead atoms. The van der Waals surface area contributed by atoms with E-state index in [1.54, 1.807) is 0 Å². The van der Waals surface area contributed by atoms with Crippen molar-refractivity contribution in [2.45, 2.75) is 13.5 Å². The van der Waals surface area contributed by atoms with Gasteiger partial charge in [-0.1, -0.05) is 0 Å². The van der Waals surface area contributed by atoms with Gasteiger partial charge in [0.25, 0.3) is 0 Å². The average Bonchev–Trinajstić information content (AvgIpc) is 2.43. The van der Waals surface area contributed by atoms with Gasteiger partial charge in [0.05, 0.1) is 16.7 Å². The summed E-state index contributed by atoms with van der Waals surface area (Å²) in [5.41, 5.74) is 3.04. The standard InChI is InChI=1S/C10H9N3O2/c1-5-2-6-9-7(3-5)12-10(15)13(9)4-8(14)11-6/h2-3H,4H2,1H3,(H,11,14)(H,12,15). The smallest absolute Gasteiger partial charge is 0.323 e. The number of anilines is 1. The molecular formula is C10H9N3O2. The molecule has 0 saturated carbocycles. The molecule has 5 nitrogen and oxygen atoms in total. The minimum Gasteiger partial charge on any atom is -0.323 e. The number of H-pyrrole nitrogens is 1. The number of carbonyl (C=O) groups is 1. The molecule has 76 valence electrons. The molecule has 1 aromatic carbocycles. The molecule has 0 fully saturated rings. The molecule has 0 aliphatic carbocycles. The molecule has 15 heavy (non-hydrogen) atoms. The molecule has 1 aliphatic heterocycles. The summed E-state index contributed by atoms with van der Waals surface area (Å²) in [5, 5.41) is 2.76. The lowest BCUT2D eigenvalue weighted by atomic mass is 10.1. The summed E-state index contributed by atoms with van der Waals surface area (Å²) >= 11 is 0. The number of hydrogen-bond donors (Lipinski definition) is 2. The second kappa shape index (κ2) is 2.50. The van der Waals surface area contributed by atoms with Crippen LogP contribution >= 0.6 is 0 Å². The third-order valence-corrected chi connectivity index (χ3v) is 2.59. The van der Waals surface area contributed by atoms with E-state index in [0.717, 1.165) is 16.6 Å². The third-order valence-electron chi connectivity index (χ3n) is 2.59. The number of hydrogen-bond acceptors (Lipinski definition) is 2. The Morgan fingerprint density at radius 1 is 1.33 bits per heavy atom. The summed E-state index contributed by atoms with van der Waals surface area (Å²) in [7, 11) is 0. The Balaban J connectivity index is 2.52. The Kier molecular flexibility index (Phi) is 1.38. The topological polar surface area (TPSA) is 66.9 Å². The average molecular weight is 203 g/mol. The quantitative estimate of drug-likeness (QED) is 0.658. The SMILES string of the molecule is Cc1cc2c3c(c1)[nH]c(=O)n3CC(=O)N2. The van der Waals surface area contributed by atoms with Crippen molar-refractivity contribution in [1.29, 1.82) is 0 Å². The van der Waals surface area contributed by atoms with Crippen molar-refractivity contribution in [3.05, 3.63) is 28.2 Å². The fourth-order valence-corrected chi connectivity index (χ4v) is 2.03. The Morgan fingerprint density at radius 2 is 2.13 bits per heavy atom. The third kappa shape index (κ3) is 1.03. The molecule has 0 spiro atoms. The zero-order valence-electron chi connectivity index (χ0n) is 8.13. The fourth-order valence-electron chi connectivity index (χ4n) is 2.03. The number of rotatable bonds is 0. The second-order valence-electron chi connectivity index (χ2n) is 3.77. The first-order chi connectivity index (χ1) is 7.15. The van der Waals surface area contributed by atoms with Crippen LogP contribution in [0.1, 0.15) is 5.56 Å². The molecule has 0 radical (unpaired) electrons. The largest absolute Gasteiger partial charge is 0.327 e. The van der Waals surface area contributed by atoms with Crippen molar-refractivity contribution in [1.82, 2.24) is 9.55 Å². The lowest BCUT2D eigenvalue weighted by Gasteiger charge is -2.15. The highest BCUT2D eigenvalue weighted by Crippen LogP contribution is 2.25. The number of imidazole rings is 1. The van der Waals surface area contributed by atoms with Crippen LogP contribution in [0.25, 0.3) is 11.0 Å². The van der Waals surface area contributed by atoms with E-state index in [1.165, 1.54) is 4.57 Å². The lowest BCUT2D eigenvalue weighted by Crippen LogP contribution is -2.29. The van der Waals surface area contributed by atoms with Crippen LogP contribution in [0.5, 0.6) is 0 Å². The molecule has 1 aliphatic rings. The van der Waals surface area contributed by atoms with E-state index in [9.17, 15) is 9.59 Å². The summed E-state index contributed by atoms with van der Waals surface area (Å²) in [6.07, 6.45) is 0. The molecule has 2 N–H and O–H groups in total. The lowest BCUT2D eigenvalue weighted by molar-refractivity contribution is -0.116. The summed E-state index contributed by atoms with van der Waals surface area (Å²) in [6, 6.07) is 3.76. The van der Waals surface area contributed by atoms with Crippen LogP contribution in [-0.2, 0) is 11.3 Å². The Labute approximate surface area is 84.7 Å². The van der Waals surface area contributed by atoms with Crippen LogP contribution < -0.4 is 11.0 Å². The van der Waals surface area contributed by atoms with Crippen molar-refractivity contribution in [2.75, 3.05) is 5.32 Å². The number of nitrogens with one attached hydrogen (secondary N) is 2. The van der Waals surface area contributed by atoms with Crippen LogP contribution in [0.3, 0.4) is 0 Å². The molecule has 1 amide bonds. The number of benzene rings is 1. The summed E-state index contributed by atoms with van der Waals surface area (Å²) in [6.45, 7) is 2.02. The molecule has 0 unspecified atom stereocenters. The summed E-state index contributed by atoms with van der Waals surface area (Å²) in [4.78, 5) is 25.6. The minimum absolute atomic E-state index is 0.0922. The number of aryl methyl sites for hydroxylation is 1. The first-order valence-corrected chi connectivity index (χ1v) is 4.68. The van der Waals surface area contributed by atoms with E-state index in [0.29, 0.717) is 5.69 Å². The predicted octanol–water partition coefficient (Wildman–Crippen LogP) is 0.590. The number of aromatic nitrogens is 2. The highest BCUT2D eigenvalue weighted by atomic mass is 16.2. The van der Waals surface area contributed by atoms with Crippen LogP contribution in [0.15, 0.2) is 16.9 Å². The molecule has 3 rings (SSSR count). The first-order valence-electron chi connectivity index (χ1n) is 4.68. The highest BCUT2D eigenvalue weighted by Gasteiger charge is 2.20. The van der Waals surface area contributed by atoms with E-state index < -0.39 is 0 Å². The molecule has 1 aromatic heterocycles. The number of aromatic amines is 1. The van der Waals surface area contributed by atoms with Crippen LogP contribution in [0, 0.1) is 6.92 Å². The minimum atomic E-state index is -0.230. The fraction of sp³-hybridized carbons (Fsp3) is 0.200. The van der Waals surface area contributed by atoms with Crippen molar-refractivity contribution >= 4 is 22.6 Å². The van der Waals surface area contributed by atoms with Crippen LogP contribution in [0.2, 0.25) is 0 Å². The van der Waals surface area contributed by atoms with Gasteiger partial charge in [0, 0.05) is 0 Å². The molecule has 0 saturated heterocycles. The molecule has 5 heteroatoms. The van der Waals surface area contributed by atoms with E-state index in [-0.39, 0.29) is 18.1 Å². The van der Waals surface area contributed by atoms with Gasteiger partial charge in [-0.3, -0.25) is 9.36 Å². The Morgan fingerprint density at radius 3 is 2.93 bits per heavy atom. The molecule has 2 heterocycles. The maximum absolute atomic E-state index is 11.5. The number of carbonyl (C=O) groups excluding carboxylic acids is 1. The van der Waals surface area contributed by atoms with E-state index in [2.05, 4.69) is 10.3 Å². The molecule has 0 atom stereocenters. The maximum atomic E-state index is 11.5. The van der Waals surface area contributed by atoms with Gasteiger partial charge in [0.2, 0.25) is 5.91 Å². The van der Waals surface area contributed by atoms with Gasteiger partial charge >= 0.3 is 5.69 Å². The van der Waals surface area contributed by atoms with E-state index in [1.807, 2.05) is 19.1 Å². The normalized spacial score (nSPS) is 14.3. The van der Waals surface area contributed by atoms with Crippen LogP contribution in [-0.4, -0.2) is 15.5 Å². The van der Waals surface area contributed by atoms with Gasteiger partial charge < -0.3 is 10.3 Å².